The molecule has 1 aromatic heterocycles. The molecule has 0 aliphatic carbocycles. The van der Waals surface area contributed by atoms with E-state index in [2.05, 4.69) is 4.98 Å². The molecular formula is C15H19N3O2. The van der Waals surface area contributed by atoms with E-state index in [1.807, 2.05) is 19.0 Å². The summed E-state index contributed by atoms with van der Waals surface area (Å²) in [4.78, 5) is 28.8. The van der Waals surface area contributed by atoms with Gasteiger partial charge in [0.1, 0.15) is 5.82 Å². The molecule has 5 heteroatoms. The Labute approximate surface area is 117 Å². The number of fused-ring (bicyclic) bond motifs is 1. The van der Waals surface area contributed by atoms with Crippen molar-refractivity contribution in [3.05, 3.63) is 40.2 Å². The number of aromatic nitrogens is 1. The SMILES string of the molecule is CN(C)CCCC(=O)c1c(N)[nH]c(=O)c2ccccc12. The lowest BCUT2D eigenvalue weighted by molar-refractivity contribution is 0.0979. The number of nitrogens with two attached hydrogens (primary N) is 1. The Morgan fingerprint density at radius 1 is 1.25 bits per heavy atom. The highest BCUT2D eigenvalue weighted by molar-refractivity contribution is 6.11. The maximum Gasteiger partial charge on any atom is 0.257 e. The second-order valence-electron chi connectivity index (χ2n) is 5.12. The largest absolute Gasteiger partial charge is 0.385 e. The van der Waals surface area contributed by atoms with Gasteiger partial charge in [0.2, 0.25) is 0 Å². The molecule has 1 heterocycles. The van der Waals surface area contributed by atoms with E-state index in [1.54, 1.807) is 24.3 Å². The number of hydrogen-bond donors (Lipinski definition) is 2. The smallest absolute Gasteiger partial charge is 0.257 e. The van der Waals surface area contributed by atoms with E-state index in [9.17, 15) is 9.59 Å². The first kappa shape index (κ1) is 14.3. The number of Topliss-reactive ketones (excluding diaryl/α,β-unsaturated/α-hetero) is 1. The fraction of sp³-hybridized carbons (Fsp3) is 0.333. The molecule has 0 saturated carbocycles. The molecule has 106 valence electrons. The normalized spacial score (nSPS) is 11.2. The number of carbonyl (C=O) groups is 1. The van der Waals surface area contributed by atoms with Crippen LogP contribution in [0, 0.1) is 0 Å². The van der Waals surface area contributed by atoms with Crippen LogP contribution in [0.15, 0.2) is 29.1 Å². The van der Waals surface area contributed by atoms with Crippen molar-refractivity contribution in [2.45, 2.75) is 12.8 Å². The van der Waals surface area contributed by atoms with Crippen molar-refractivity contribution in [2.24, 2.45) is 0 Å². The molecule has 0 amide bonds. The van der Waals surface area contributed by atoms with Crippen molar-refractivity contribution in [3.8, 4) is 0 Å². The molecule has 5 nitrogen and oxygen atoms in total. The predicted molar refractivity (Wildman–Crippen MR) is 81.1 cm³/mol. The highest BCUT2D eigenvalue weighted by Gasteiger charge is 2.16. The summed E-state index contributed by atoms with van der Waals surface area (Å²) < 4.78 is 0. The van der Waals surface area contributed by atoms with E-state index in [4.69, 9.17) is 5.73 Å². The maximum absolute atomic E-state index is 12.4. The number of pyridine rings is 1. The molecule has 20 heavy (non-hydrogen) atoms. The topological polar surface area (TPSA) is 79.2 Å². The van der Waals surface area contributed by atoms with Crippen LogP contribution < -0.4 is 11.3 Å². The van der Waals surface area contributed by atoms with E-state index in [1.165, 1.54) is 0 Å². The van der Waals surface area contributed by atoms with Crippen molar-refractivity contribution < 1.29 is 4.79 Å². The third-order valence-corrected chi connectivity index (χ3v) is 3.25. The number of hydrogen-bond acceptors (Lipinski definition) is 4. The first-order valence-electron chi connectivity index (χ1n) is 6.59. The molecule has 2 aromatic rings. The van der Waals surface area contributed by atoms with Crippen LogP contribution in [-0.2, 0) is 0 Å². The van der Waals surface area contributed by atoms with Gasteiger partial charge in [0, 0.05) is 17.2 Å². The zero-order chi connectivity index (χ0) is 14.7. The van der Waals surface area contributed by atoms with Crippen LogP contribution >= 0.6 is 0 Å². The third-order valence-electron chi connectivity index (χ3n) is 3.25. The molecule has 0 aliphatic heterocycles. The second kappa shape index (κ2) is 5.88. The summed E-state index contributed by atoms with van der Waals surface area (Å²) >= 11 is 0. The van der Waals surface area contributed by atoms with Gasteiger partial charge >= 0.3 is 0 Å². The molecule has 2 rings (SSSR count). The molecule has 0 bridgehead atoms. The second-order valence-corrected chi connectivity index (χ2v) is 5.12. The molecule has 0 fully saturated rings. The fourth-order valence-electron chi connectivity index (χ4n) is 2.28. The quantitative estimate of drug-likeness (QED) is 0.812. The van der Waals surface area contributed by atoms with Crippen molar-refractivity contribution >= 4 is 22.4 Å². The molecular weight excluding hydrogens is 254 g/mol. The van der Waals surface area contributed by atoms with Gasteiger partial charge in [0.05, 0.1) is 5.56 Å². The van der Waals surface area contributed by atoms with Crippen molar-refractivity contribution in [1.29, 1.82) is 0 Å². The number of H-pyrrole nitrogens is 1. The minimum absolute atomic E-state index is 0.0307. The summed E-state index contributed by atoms with van der Waals surface area (Å²) in [7, 11) is 3.93. The van der Waals surface area contributed by atoms with Gasteiger partial charge < -0.3 is 15.6 Å². The van der Waals surface area contributed by atoms with Crippen LogP contribution in [0.3, 0.4) is 0 Å². The number of nitrogen functional groups attached to an aromatic ring is 1. The number of nitrogens with zero attached hydrogens (tertiary/aromatic N) is 1. The molecule has 0 spiro atoms. The number of ketones is 1. The van der Waals surface area contributed by atoms with Gasteiger partial charge in [-0.25, -0.2) is 0 Å². The monoisotopic (exact) mass is 273 g/mol. The summed E-state index contributed by atoms with van der Waals surface area (Å²) in [6.07, 6.45) is 1.18. The number of nitrogens with one attached hydrogen (secondary N) is 1. The van der Waals surface area contributed by atoms with Crippen LogP contribution in [-0.4, -0.2) is 36.3 Å². The van der Waals surface area contributed by atoms with Crippen LogP contribution in [0.5, 0.6) is 0 Å². The van der Waals surface area contributed by atoms with E-state index in [-0.39, 0.29) is 17.2 Å². The summed E-state index contributed by atoms with van der Waals surface area (Å²) in [6, 6.07) is 7.04. The third kappa shape index (κ3) is 2.88. The van der Waals surface area contributed by atoms with E-state index >= 15 is 0 Å². The molecule has 0 radical (unpaired) electrons. The van der Waals surface area contributed by atoms with Crippen molar-refractivity contribution in [2.75, 3.05) is 26.4 Å². The van der Waals surface area contributed by atoms with E-state index < -0.39 is 0 Å². The summed E-state index contributed by atoms with van der Waals surface area (Å²) in [6.45, 7) is 0.840. The Kier molecular flexibility index (Phi) is 4.20. The lowest BCUT2D eigenvalue weighted by atomic mass is 10.0. The van der Waals surface area contributed by atoms with Gasteiger partial charge in [-0.3, -0.25) is 9.59 Å². The Morgan fingerprint density at radius 3 is 2.55 bits per heavy atom. The maximum atomic E-state index is 12.4. The fourth-order valence-corrected chi connectivity index (χ4v) is 2.28. The molecule has 0 saturated heterocycles. The van der Waals surface area contributed by atoms with Crippen LogP contribution in [0.1, 0.15) is 23.2 Å². The number of aromatic amines is 1. The number of carbonyl (C=O) groups excluding carboxylic acids is 1. The van der Waals surface area contributed by atoms with Gasteiger partial charge in [0.15, 0.2) is 5.78 Å². The molecule has 0 unspecified atom stereocenters. The number of anilines is 1. The van der Waals surface area contributed by atoms with Crippen molar-refractivity contribution in [1.82, 2.24) is 9.88 Å². The Bertz CT molecular complexity index is 689. The van der Waals surface area contributed by atoms with Gasteiger partial charge in [-0.1, -0.05) is 18.2 Å². The zero-order valence-corrected chi connectivity index (χ0v) is 11.8. The van der Waals surface area contributed by atoms with Gasteiger partial charge in [-0.15, -0.1) is 0 Å². The average molecular weight is 273 g/mol. The van der Waals surface area contributed by atoms with E-state index in [0.717, 1.165) is 13.0 Å². The number of rotatable bonds is 5. The summed E-state index contributed by atoms with van der Waals surface area (Å²) in [5, 5.41) is 1.13. The summed E-state index contributed by atoms with van der Waals surface area (Å²) in [5.41, 5.74) is 6.00. The van der Waals surface area contributed by atoms with Crippen LogP contribution in [0.2, 0.25) is 0 Å². The first-order valence-corrected chi connectivity index (χ1v) is 6.59. The Hall–Kier alpha value is -2.14. The van der Waals surface area contributed by atoms with Crippen molar-refractivity contribution in [3.63, 3.8) is 0 Å². The molecule has 0 aliphatic rings. The predicted octanol–water partition coefficient (Wildman–Crippen LogP) is 1.63. The van der Waals surface area contributed by atoms with Crippen LogP contribution in [0.25, 0.3) is 10.8 Å². The summed E-state index contributed by atoms with van der Waals surface area (Å²) in [5.74, 6) is 0.125. The van der Waals surface area contributed by atoms with Gasteiger partial charge in [-0.2, -0.15) is 0 Å². The Morgan fingerprint density at radius 2 is 1.90 bits per heavy atom. The Balaban J connectivity index is 2.38. The molecule has 3 N–H and O–H groups in total. The van der Waals surface area contributed by atoms with E-state index in [0.29, 0.717) is 22.8 Å². The molecule has 0 atom stereocenters. The number of benzene rings is 1. The standard InChI is InChI=1S/C15H19N3O2/c1-18(2)9-5-8-12(19)13-10-6-3-4-7-11(10)15(20)17-14(13)16/h3-4,6-7H,5,8-9H2,1-2H3,(H3,16,17,20). The highest BCUT2D eigenvalue weighted by atomic mass is 16.1. The minimum atomic E-state index is -0.261. The highest BCUT2D eigenvalue weighted by Crippen LogP contribution is 2.21. The van der Waals surface area contributed by atoms with Crippen LogP contribution in [0.4, 0.5) is 5.82 Å². The average Bonchev–Trinajstić information content (AvgIpc) is 2.38. The first-order chi connectivity index (χ1) is 9.50. The zero-order valence-electron chi connectivity index (χ0n) is 11.8. The minimum Gasteiger partial charge on any atom is -0.385 e. The molecule has 1 aromatic carbocycles. The lowest BCUT2D eigenvalue weighted by Gasteiger charge is -2.11. The lowest BCUT2D eigenvalue weighted by Crippen LogP contribution is -2.17. The van der Waals surface area contributed by atoms with Gasteiger partial charge in [0.25, 0.3) is 5.56 Å². The van der Waals surface area contributed by atoms with Gasteiger partial charge in [-0.05, 0) is 33.1 Å².